The summed E-state index contributed by atoms with van der Waals surface area (Å²) in [6, 6.07) is 0. The molecule has 1 radical (unpaired) electrons. The van der Waals surface area contributed by atoms with E-state index < -0.39 is 0 Å². The van der Waals surface area contributed by atoms with Crippen LogP contribution in [-0.4, -0.2) is 24.4 Å². The summed E-state index contributed by atoms with van der Waals surface area (Å²) < 4.78 is 0. The fraction of sp³-hybridized carbons (Fsp3) is 0.957. The second-order valence-electron chi connectivity index (χ2n) is 7.74. The summed E-state index contributed by atoms with van der Waals surface area (Å²) >= 11 is 0. The van der Waals surface area contributed by atoms with Gasteiger partial charge in [0.05, 0.1) is 0 Å². The smallest absolute Gasteiger partial charge is 0.312 e. The maximum Gasteiger partial charge on any atom is 0.312 e. The van der Waals surface area contributed by atoms with Crippen LogP contribution in [0.5, 0.6) is 0 Å². The van der Waals surface area contributed by atoms with Crippen molar-refractivity contribution in [2.75, 3.05) is 13.1 Å². The summed E-state index contributed by atoms with van der Waals surface area (Å²) in [4.78, 5) is 12.9. The van der Waals surface area contributed by atoms with Crippen molar-refractivity contribution in [1.29, 1.82) is 0 Å². The molecule has 0 aromatic carbocycles. The van der Waals surface area contributed by atoms with Crippen LogP contribution in [0, 0.1) is 0 Å². The zero-order valence-corrected chi connectivity index (χ0v) is 17.5. The average molecular weight is 353 g/mol. The van der Waals surface area contributed by atoms with E-state index in [0.717, 1.165) is 25.9 Å². The van der Waals surface area contributed by atoms with Crippen molar-refractivity contribution in [2.24, 2.45) is 0 Å². The average Bonchev–Trinajstić information content (AvgIpc) is 2.63. The van der Waals surface area contributed by atoms with E-state index in [4.69, 9.17) is 0 Å². The Bertz CT molecular complexity index is 232. The number of carbonyl (C=O) groups excluding carboxylic acids is 1. The zero-order valence-electron chi connectivity index (χ0n) is 17.5. The van der Waals surface area contributed by atoms with E-state index in [1.165, 1.54) is 103 Å². The molecule has 0 aromatic rings. The summed E-state index contributed by atoms with van der Waals surface area (Å²) in [5, 5.41) is 0. The fourth-order valence-electron chi connectivity index (χ4n) is 3.43. The first-order valence-corrected chi connectivity index (χ1v) is 11.5. The maximum absolute atomic E-state index is 11.0. The lowest BCUT2D eigenvalue weighted by Crippen LogP contribution is -2.24. The van der Waals surface area contributed by atoms with Gasteiger partial charge in [0.2, 0.25) is 0 Å². The molecule has 0 aromatic heterocycles. The third-order valence-electron chi connectivity index (χ3n) is 5.19. The minimum atomic E-state index is 0.913. The SMILES string of the molecule is CCCCCCCCCCCN([C]=O)CCCCCCCCCCC. The molecule has 2 nitrogen and oxygen atoms in total. The minimum Gasteiger partial charge on any atom is -0.334 e. The Balaban J connectivity index is 3.30. The Morgan fingerprint density at radius 3 is 1.04 bits per heavy atom. The van der Waals surface area contributed by atoms with Gasteiger partial charge in [-0.1, -0.05) is 117 Å². The maximum atomic E-state index is 11.0. The molecule has 0 aliphatic carbocycles. The number of nitrogens with zero attached hydrogens (tertiary/aromatic N) is 1. The molecule has 0 atom stereocenters. The van der Waals surface area contributed by atoms with Crippen molar-refractivity contribution in [3.63, 3.8) is 0 Å². The highest BCUT2D eigenvalue weighted by atomic mass is 16.1. The Labute approximate surface area is 159 Å². The van der Waals surface area contributed by atoms with Gasteiger partial charge in [-0.2, -0.15) is 0 Å². The van der Waals surface area contributed by atoms with E-state index in [2.05, 4.69) is 20.3 Å². The van der Waals surface area contributed by atoms with E-state index in [9.17, 15) is 4.79 Å². The third kappa shape index (κ3) is 19.6. The Kier molecular flexibility index (Phi) is 21.1. The topological polar surface area (TPSA) is 20.3 Å². The van der Waals surface area contributed by atoms with Crippen molar-refractivity contribution in [1.82, 2.24) is 4.90 Å². The first-order chi connectivity index (χ1) is 12.3. The van der Waals surface area contributed by atoms with Crippen LogP contribution >= 0.6 is 0 Å². The molecule has 0 rings (SSSR count). The monoisotopic (exact) mass is 352 g/mol. The highest BCUT2D eigenvalue weighted by molar-refractivity contribution is 5.47. The molecule has 0 spiro atoms. The van der Waals surface area contributed by atoms with Gasteiger partial charge in [0.25, 0.3) is 0 Å². The first kappa shape index (κ1) is 24.5. The highest BCUT2D eigenvalue weighted by Gasteiger charge is 2.02. The summed E-state index contributed by atoms with van der Waals surface area (Å²) in [5.74, 6) is 0. The third-order valence-corrected chi connectivity index (χ3v) is 5.19. The molecule has 0 saturated heterocycles. The van der Waals surface area contributed by atoms with Crippen LogP contribution < -0.4 is 0 Å². The van der Waals surface area contributed by atoms with Crippen molar-refractivity contribution >= 4 is 6.41 Å². The molecule has 1 amide bonds. The van der Waals surface area contributed by atoms with E-state index >= 15 is 0 Å². The molecule has 0 bridgehead atoms. The first-order valence-electron chi connectivity index (χ1n) is 11.5. The van der Waals surface area contributed by atoms with Crippen molar-refractivity contribution < 1.29 is 4.79 Å². The molecule has 0 aliphatic rings. The number of hydrogen-bond acceptors (Lipinski definition) is 1. The van der Waals surface area contributed by atoms with Crippen LogP contribution in [0.2, 0.25) is 0 Å². The summed E-state index contributed by atoms with van der Waals surface area (Å²) in [7, 11) is 0. The Morgan fingerprint density at radius 2 is 0.760 bits per heavy atom. The van der Waals surface area contributed by atoms with Gasteiger partial charge in [0, 0.05) is 13.1 Å². The van der Waals surface area contributed by atoms with Crippen molar-refractivity contribution in [3.8, 4) is 0 Å². The van der Waals surface area contributed by atoms with Gasteiger partial charge < -0.3 is 4.90 Å². The van der Waals surface area contributed by atoms with Gasteiger partial charge in [-0.15, -0.1) is 0 Å². The zero-order chi connectivity index (χ0) is 18.4. The Hall–Kier alpha value is -0.530. The quantitative estimate of drug-likeness (QED) is 0.155. The number of hydrogen-bond donors (Lipinski definition) is 0. The molecule has 25 heavy (non-hydrogen) atoms. The predicted molar refractivity (Wildman–Crippen MR) is 112 cm³/mol. The van der Waals surface area contributed by atoms with Gasteiger partial charge in [0.15, 0.2) is 0 Å². The minimum absolute atomic E-state index is 0.913. The second kappa shape index (κ2) is 21.5. The lowest BCUT2D eigenvalue weighted by molar-refractivity contribution is 0.356. The van der Waals surface area contributed by atoms with Crippen LogP contribution in [0.15, 0.2) is 0 Å². The van der Waals surface area contributed by atoms with Crippen molar-refractivity contribution in [3.05, 3.63) is 0 Å². The van der Waals surface area contributed by atoms with E-state index in [1.54, 1.807) is 0 Å². The molecular formula is C23H46NO. The van der Waals surface area contributed by atoms with E-state index in [-0.39, 0.29) is 0 Å². The van der Waals surface area contributed by atoms with Crippen LogP contribution in [0.1, 0.15) is 129 Å². The summed E-state index contributed by atoms with van der Waals surface area (Å²) in [6.45, 7) is 6.36. The number of amides is 1. The molecule has 0 N–H and O–H groups in total. The lowest BCUT2D eigenvalue weighted by atomic mass is 10.1. The summed E-state index contributed by atoms with van der Waals surface area (Å²) in [5.41, 5.74) is 0. The van der Waals surface area contributed by atoms with Gasteiger partial charge in [-0.3, -0.25) is 4.79 Å². The molecule has 2 heteroatoms. The molecule has 0 unspecified atom stereocenters. The normalized spacial score (nSPS) is 11.0. The second-order valence-corrected chi connectivity index (χ2v) is 7.74. The number of rotatable bonds is 21. The molecule has 0 saturated carbocycles. The summed E-state index contributed by atoms with van der Waals surface area (Å²) in [6.07, 6.45) is 26.2. The van der Waals surface area contributed by atoms with Crippen LogP contribution in [0.4, 0.5) is 0 Å². The largest absolute Gasteiger partial charge is 0.334 e. The fourth-order valence-corrected chi connectivity index (χ4v) is 3.43. The van der Waals surface area contributed by atoms with E-state index in [1.807, 2.05) is 4.90 Å². The molecule has 0 fully saturated rings. The molecule has 149 valence electrons. The lowest BCUT2D eigenvalue weighted by Gasteiger charge is -2.16. The molecule has 0 aliphatic heterocycles. The van der Waals surface area contributed by atoms with Gasteiger partial charge in [-0.05, 0) is 12.8 Å². The standard InChI is InChI=1S/C23H46NO/c1-3-5-7-9-11-13-15-17-19-21-24(23-25)22-20-18-16-14-12-10-8-6-4-2/h3-22H2,1-2H3. The van der Waals surface area contributed by atoms with Gasteiger partial charge in [-0.25, -0.2) is 0 Å². The molecular weight excluding hydrogens is 306 g/mol. The molecule has 0 heterocycles. The van der Waals surface area contributed by atoms with Crippen LogP contribution in [0.3, 0.4) is 0 Å². The van der Waals surface area contributed by atoms with Gasteiger partial charge >= 0.3 is 6.41 Å². The highest BCUT2D eigenvalue weighted by Crippen LogP contribution is 2.11. The van der Waals surface area contributed by atoms with Crippen LogP contribution in [0.25, 0.3) is 0 Å². The predicted octanol–water partition coefficient (Wildman–Crippen LogP) is 7.42. The number of unbranched alkanes of at least 4 members (excludes halogenated alkanes) is 16. The Morgan fingerprint density at radius 1 is 0.480 bits per heavy atom. The van der Waals surface area contributed by atoms with E-state index in [0.29, 0.717) is 0 Å². The van der Waals surface area contributed by atoms with Crippen LogP contribution in [-0.2, 0) is 4.79 Å². The van der Waals surface area contributed by atoms with Crippen molar-refractivity contribution in [2.45, 2.75) is 129 Å². The van der Waals surface area contributed by atoms with Gasteiger partial charge in [0.1, 0.15) is 0 Å².